The van der Waals surface area contributed by atoms with Crippen molar-refractivity contribution in [1.29, 1.82) is 0 Å². The van der Waals surface area contributed by atoms with E-state index in [1.807, 2.05) is 0 Å². The lowest BCUT2D eigenvalue weighted by atomic mass is 10.0. The number of nitrogens with zero attached hydrogens (tertiary/aromatic N) is 1. The van der Waals surface area contributed by atoms with Gasteiger partial charge in [0, 0.05) is 18.7 Å². The van der Waals surface area contributed by atoms with Crippen LogP contribution in [0.5, 0.6) is 0 Å². The molecular formula is C16H24N2O5S. The number of carboxylic acid groups (broad SMARTS) is 1. The van der Waals surface area contributed by atoms with Gasteiger partial charge in [-0.2, -0.15) is 4.31 Å². The molecule has 0 aliphatic rings. The molecule has 2 N–H and O–H groups in total. The van der Waals surface area contributed by atoms with Crippen LogP contribution in [0.3, 0.4) is 0 Å². The topological polar surface area (TPSA) is 104 Å². The second-order valence-corrected chi connectivity index (χ2v) is 7.59. The van der Waals surface area contributed by atoms with Gasteiger partial charge >= 0.3 is 5.97 Å². The Morgan fingerprint density at radius 2 is 1.79 bits per heavy atom. The molecule has 0 aliphatic carbocycles. The predicted octanol–water partition coefficient (Wildman–Crippen LogP) is 1.56. The molecule has 0 aliphatic heterocycles. The highest BCUT2D eigenvalue weighted by Crippen LogP contribution is 2.17. The number of nitrogens with one attached hydrogen (secondary N) is 1. The minimum Gasteiger partial charge on any atom is -0.480 e. The third-order valence-corrected chi connectivity index (χ3v) is 5.70. The number of hydrogen-bond acceptors (Lipinski definition) is 4. The van der Waals surface area contributed by atoms with Crippen molar-refractivity contribution < 1.29 is 23.1 Å². The van der Waals surface area contributed by atoms with Gasteiger partial charge in [0.2, 0.25) is 10.0 Å². The molecule has 7 nitrogen and oxygen atoms in total. The Hall–Kier alpha value is -1.93. The van der Waals surface area contributed by atoms with E-state index in [4.69, 9.17) is 5.11 Å². The summed E-state index contributed by atoms with van der Waals surface area (Å²) in [6.45, 7) is 7.48. The standard InChI is InChI=1S/C16H24N2O5S/c1-5-18(6-2)24(22,23)13-9-7-8-12(10-13)15(19)17-14(11(3)4)16(20)21/h7-11,14H,5-6H2,1-4H3,(H,17,19)(H,20,21)/t14-/m1/s1. The summed E-state index contributed by atoms with van der Waals surface area (Å²) in [6.07, 6.45) is 0. The molecule has 1 aromatic carbocycles. The molecule has 0 saturated heterocycles. The highest BCUT2D eigenvalue weighted by Gasteiger charge is 2.26. The van der Waals surface area contributed by atoms with Crippen LogP contribution < -0.4 is 5.32 Å². The lowest BCUT2D eigenvalue weighted by Gasteiger charge is -2.20. The van der Waals surface area contributed by atoms with Crippen molar-refractivity contribution in [1.82, 2.24) is 9.62 Å². The van der Waals surface area contributed by atoms with Gasteiger partial charge in [-0.05, 0) is 24.1 Å². The van der Waals surface area contributed by atoms with E-state index in [-0.39, 0.29) is 16.4 Å². The molecular weight excluding hydrogens is 332 g/mol. The van der Waals surface area contributed by atoms with Crippen molar-refractivity contribution >= 4 is 21.9 Å². The minimum atomic E-state index is -3.68. The van der Waals surface area contributed by atoms with Gasteiger partial charge in [0.25, 0.3) is 5.91 Å². The molecule has 0 spiro atoms. The molecule has 0 heterocycles. The van der Waals surface area contributed by atoms with Gasteiger partial charge in [-0.15, -0.1) is 0 Å². The van der Waals surface area contributed by atoms with Crippen LogP contribution in [0.25, 0.3) is 0 Å². The number of carboxylic acids is 1. The Labute approximate surface area is 142 Å². The van der Waals surface area contributed by atoms with Gasteiger partial charge < -0.3 is 10.4 Å². The normalized spacial score (nSPS) is 13.1. The second-order valence-electron chi connectivity index (χ2n) is 5.65. The Balaban J connectivity index is 3.12. The lowest BCUT2D eigenvalue weighted by Crippen LogP contribution is -2.44. The minimum absolute atomic E-state index is 0.00951. The molecule has 0 fully saturated rings. The second kappa shape index (κ2) is 8.25. The molecule has 24 heavy (non-hydrogen) atoms. The molecule has 0 aromatic heterocycles. The number of sulfonamides is 1. The fourth-order valence-electron chi connectivity index (χ4n) is 2.25. The maximum Gasteiger partial charge on any atom is 0.326 e. The van der Waals surface area contributed by atoms with Gasteiger partial charge in [-0.3, -0.25) is 4.79 Å². The van der Waals surface area contributed by atoms with Crippen molar-refractivity contribution in [2.24, 2.45) is 5.92 Å². The van der Waals surface area contributed by atoms with Crippen molar-refractivity contribution in [2.45, 2.75) is 38.6 Å². The van der Waals surface area contributed by atoms with Gasteiger partial charge in [0.1, 0.15) is 6.04 Å². The fourth-order valence-corrected chi connectivity index (χ4v) is 3.75. The van der Waals surface area contributed by atoms with Crippen LogP contribution in [-0.2, 0) is 14.8 Å². The molecule has 1 atom stereocenters. The van der Waals surface area contributed by atoms with Crippen LogP contribution in [0, 0.1) is 5.92 Å². The number of amides is 1. The fraction of sp³-hybridized carbons (Fsp3) is 0.500. The Morgan fingerprint density at radius 3 is 2.25 bits per heavy atom. The SMILES string of the molecule is CCN(CC)S(=O)(=O)c1cccc(C(=O)N[C@@H](C(=O)O)C(C)C)c1. The zero-order chi connectivity index (χ0) is 18.5. The lowest BCUT2D eigenvalue weighted by molar-refractivity contribution is -0.140. The highest BCUT2D eigenvalue weighted by atomic mass is 32.2. The zero-order valence-corrected chi connectivity index (χ0v) is 15.1. The van der Waals surface area contributed by atoms with Crippen molar-refractivity contribution in [3.63, 3.8) is 0 Å². The van der Waals surface area contributed by atoms with Crippen LogP contribution in [0.2, 0.25) is 0 Å². The van der Waals surface area contributed by atoms with Gasteiger partial charge in [-0.25, -0.2) is 13.2 Å². The highest BCUT2D eigenvalue weighted by molar-refractivity contribution is 7.89. The first-order valence-electron chi connectivity index (χ1n) is 7.79. The Morgan fingerprint density at radius 1 is 1.21 bits per heavy atom. The zero-order valence-electron chi connectivity index (χ0n) is 14.3. The number of carbonyl (C=O) groups excluding carboxylic acids is 1. The maximum atomic E-state index is 12.5. The average Bonchev–Trinajstić information content (AvgIpc) is 2.52. The molecule has 134 valence electrons. The smallest absolute Gasteiger partial charge is 0.326 e. The summed E-state index contributed by atoms with van der Waals surface area (Å²) in [5, 5.41) is 11.6. The van der Waals surface area contributed by atoms with Crippen LogP contribution in [-0.4, -0.2) is 48.8 Å². The van der Waals surface area contributed by atoms with Crippen molar-refractivity contribution in [3.05, 3.63) is 29.8 Å². The van der Waals surface area contributed by atoms with E-state index in [1.54, 1.807) is 27.7 Å². The van der Waals surface area contributed by atoms with Crippen molar-refractivity contribution in [3.8, 4) is 0 Å². The Kier molecular flexibility index (Phi) is 6.92. The molecule has 0 unspecified atom stereocenters. The van der Waals surface area contributed by atoms with Crippen LogP contribution >= 0.6 is 0 Å². The summed E-state index contributed by atoms with van der Waals surface area (Å²) in [5.41, 5.74) is 0.107. The summed E-state index contributed by atoms with van der Waals surface area (Å²) in [6, 6.07) is 4.57. The first-order valence-corrected chi connectivity index (χ1v) is 9.23. The number of benzene rings is 1. The Bertz CT molecular complexity index is 696. The van der Waals surface area contributed by atoms with Crippen LogP contribution in [0.1, 0.15) is 38.1 Å². The van der Waals surface area contributed by atoms with E-state index in [9.17, 15) is 18.0 Å². The molecule has 1 amide bonds. The maximum absolute atomic E-state index is 12.5. The monoisotopic (exact) mass is 356 g/mol. The largest absolute Gasteiger partial charge is 0.480 e. The first kappa shape index (κ1) is 20.1. The summed E-state index contributed by atoms with van der Waals surface area (Å²) in [4.78, 5) is 23.5. The van der Waals surface area contributed by atoms with E-state index in [2.05, 4.69) is 5.32 Å². The van der Waals surface area contributed by atoms with Gasteiger partial charge in [0.15, 0.2) is 0 Å². The number of aliphatic carboxylic acids is 1. The predicted molar refractivity (Wildman–Crippen MR) is 90.3 cm³/mol. The average molecular weight is 356 g/mol. The number of rotatable bonds is 8. The molecule has 1 aromatic rings. The van der Waals surface area contributed by atoms with Crippen LogP contribution in [0.4, 0.5) is 0 Å². The number of carbonyl (C=O) groups is 2. The third kappa shape index (κ3) is 4.55. The molecule has 1 rings (SSSR count). The quantitative estimate of drug-likeness (QED) is 0.735. The van der Waals surface area contributed by atoms with E-state index in [0.717, 1.165) is 0 Å². The van der Waals surface area contributed by atoms with Crippen molar-refractivity contribution in [2.75, 3.05) is 13.1 Å². The summed E-state index contributed by atoms with van der Waals surface area (Å²) in [5.74, 6) is -2.05. The first-order chi connectivity index (χ1) is 11.1. The third-order valence-electron chi connectivity index (χ3n) is 3.66. The van der Waals surface area contributed by atoms with Crippen LogP contribution in [0.15, 0.2) is 29.2 Å². The summed E-state index contributed by atoms with van der Waals surface area (Å²) in [7, 11) is -3.68. The van der Waals surface area contributed by atoms with E-state index in [0.29, 0.717) is 13.1 Å². The molecule has 0 radical (unpaired) electrons. The van der Waals surface area contributed by atoms with Gasteiger partial charge in [0.05, 0.1) is 4.90 Å². The summed E-state index contributed by atoms with van der Waals surface area (Å²) < 4.78 is 26.3. The van der Waals surface area contributed by atoms with E-state index in [1.165, 1.54) is 28.6 Å². The summed E-state index contributed by atoms with van der Waals surface area (Å²) >= 11 is 0. The number of hydrogen-bond donors (Lipinski definition) is 2. The molecule has 8 heteroatoms. The van der Waals surface area contributed by atoms with Gasteiger partial charge in [-0.1, -0.05) is 33.8 Å². The van der Waals surface area contributed by atoms with E-state index >= 15 is 0 Å². The van der Waals surface area contributed by atoms with E-state index < -0.39 is 27.9 Å². The molecule has 0 bridgehead atoms. The molecule has 0 saturated carbocycles.